The summed E-state index contributed by atoms with van der Waals surface area (Å²) in [4.78, 5) is 12.5. The normalized spacial score (nSPS) is 19.2. The van der Waals surface area contributed by atoms with Gasteiger partial charge in [0.05, 0.1) is 0 Å². The number of carbonyl (C=O) groups excluding carboxylic acids is 1. The molecule has 12 heavy (non-hydrogen) atoms. The van der Waals surface area contributed by atoms with Crippen LogP contribution in [-0.2, 0) is 4.79 Å². The van der Waals surface area contributed by atoms with Crippen molar-refractivity contribution < 1.29 is 4.79 Å². The smallest absolute Gasteiger partial charge is 0.159 e. The molecule has 0 spiro atoms. The molecule has 1 aliphatic carbocycles. The van der Waals surface area contributed by atoms with Gasteiger partial charge in [-0.05, 0) is 18.2 Å². The third kappa shape index (κ3) is 2.37. The van der Waals surface area contributed by atoms with E-state index in [0.29, 0.717) is 5.78 Å². The summed E-state index contributed by atoms with van der Waals surface area (Å²) in [6.45, 7) is 8.49. The van der Waals surface area contributed by atoms with E-state index in [1.54, 1.807) is 0 Å². The van der Waals surface area contributed by atoms with Crippen molar-refractivity contribution in [2.75, 3.05) is 0 Å². The molecule has 0 aromatic heterocycles. The summed E-state index contributed by atoms with van der Waals surface area (Å²) in [5, 5.41) is 0. The molecule has 0 aliphatic heterocycles. The molecule has 0 N–H and O–H groups in total. The second-order valence-corrected chi connectivity index (χ2v) is 6.11. The van der Waals surface area contributed by atoms with Gasteiger partial charge in [0.15, 0.2) is 5.78 Å². The third-order valence-electron chi connectivity index (χ3n) is 1.85. The molecule has 0 amide bonds. The molecule has 1 aliphatic rings. The summed E-state index contributed by atoms with van der Waals surface area (Å²) in [6, 6.07) is 0. The van der Waals surface area contributed by atoms with Crippen LogP contribution in [0.15, 0.2) is 10.5 Å². The zero-order valence-electron chi connectivity index (χ0n) is 8.23. The van der Waals surface area contributed by atoms with Gasteiger partial charge < -0.3 is 0 Å². The lowest BCUT2D eigenvalue weighted by Gasteiger charge is -2.18. The van der Waals surface area contributed by atoms with Gasteiger partial charge >= 0.3 is 0 Å². The molecule has 0 aromatic carbocycles. The van der Waals surface area contributed by atoms with E-state index in [1.165, 1.54) is 4.91 Å². The number of carbonyl (C=O) groups is 1. The minimum Gasteiger partial charge on any atom is -0.295 e. The average molecular weight is 184 g/mol. The van der Waals surface area contributed by atoms with Crippen molar-refractivity contribution in [2.45, 2.75) is 45.3 Å². The summed E-state index contributed by atoms with van der Waals surface area (Å²) in [6.07, 6.45) is 1.69. The number of hydrogen-bond acceptors (Lipinski definition) is 2. The molecule has 1 rings (SSSR count). The van der Waals surface area contributed by atoms with E-state index in [4.69, 9.17) is 0 Å². The van der Waals surface area contributed by atoms with Crippen LogP contribution in [0.5, 0.6) is 0 Å². The van der Waals surface area contributed by atoms with Crippen LogP contribution in [0.4, 0.5) is 0 Å². The lowest BCUT2D eigenvalue weighted by atomic mass is 10.2. The van der Waals surface area contributed by atoms with Gasteiger partial charge in [-0.25, -0.2) is 0 Å². The van der Waals surface area contributed by atoms with Gasteiger partial charge in [0, 0.05) is 16.7 Å². The van der Waals surface area contributed by atoms with Crippen molar-refractivity contribution in [3.05, 3.63) is 10.5 Å². The molecule has 0 heterocycles. The summed E-state index contributed by atoms with van der Waals surface area (Å²) in [5.74, 6) is 0.335. The molecular formula is C10H16OS. The molecule has 0 fully saturated rings. The van der Waals surface area contributed by atoms with Crippen molar-refractivity contribution >= 4 is 17.5 Å². The molecule has 68 valence electrons. The van der Waals surface area contributed by atoms with Crippen molar-refractivity contribution in [3.63, 3.8) is 0 Å². The zero-order valence-corrected chi connectivity index (χ0v) is 9.05. The van der Waals surface area contributed by atoms with Gasteiger partial charge in [0.2, 0.25) is 0 Å². The van der Waals surface area contributed by atoms with E-state index in [-0.39, 0.29) is 4.75 Å². The highest BCUT2D eigenvalue weighted by molar-refractivity contribution is 8.04. The van der Waals surface area contributed by atoms with Crippen LogP contribution in [0.2, 0.25) is 0 Å². The monoisotopic (exact) mass is 184 g/mol. The van der Waals surface area contributed by atoms with E-state index in [0.717, 1.165) is 18.4 Å². The number of thioether (sulfide) groups is 1. The Kier molecular flexibility index (Phi) is 2.67. The fraction of sp³-hybridized carbons (Fsp3) is 0.700. The lowest BCUT2D eigenvalue weighted by molar-refractivity contribution is -0.114. The molecule has 0 saturated heterocycles. The van der Waals surface area contributed by atoms with Gasteiger partial charge in [-0.1, -0.05) is 20.8 Å². The molecule has 2 heteroatoms. The highest BCUT2D eigenvalue weighted by Gasteiger charge is 2.23. The Hall–Kier alpha value is -0.240. The topological polar surface area (TPSA) is 17.1 Å². The van der Waals surface area contributed by atoms with E-state index in [2.05, 4.69) is 20.8 Å². The van der Waals surface area contributed by atoms with Crippen LogP contribution in [0.1, 0.15) is 40.5 Å². The first-order chi connectivity index (χ1) is 5.40. The fourth-order valence-electron chi connectivity index (χ4n) is 1.25. The fourth-order valence-corrected chi connectivity index (χ4v) is 2.46. The van der Waals surface area contributed by atoms with Crippen molar-refractivity contribution in [1.29, 1.82) is 0 Å². The van der Waals surface area contributed by atoms with E-state index >= 15 is 0 Å². The number of allylic oxidation sites excluding steroid dienone is 2. The summed E-state index contributed by atoms with van der Waals surface area (Å²) in [7, 11) is 0. The van der Waals surface area contributed by atoms with Crippen LogP contribution in [0.25, 0.3) is 0 Å². The van der Waals surface area contributed by atoms with Crippen molar-refractivity contribution in [1.82, 2.24) is 0 Å². The van der Waals surface area contributed by atoms with Gasteiger partial charge in [0.25, 0.3) is 0 Å². The first-order valence-corrected chi connectivity index (χ1v) is 5.14. The molecule has 0 saturated carbocycles. The molecule has 0 radical (unpaired) electrons. The Balaban J connectivity index is 2.71. The first-order valence-electron chi connectivity index (χ1n) is 4.32. The standard InChI is InChI=1S/C10H16OS/c1-7-8(11)5-6-9(7)12-10(2,3)4/h5-6H2,1-4H3. The van der Waals surface area contributed by atoms with Gasteiger partial charge in [-0.3, -0.25) is 4.79 Å². The maximum Gasteiger partial charge on any atom is 0.159 e. The zero-order chi connectivity index (χ0) is 9.35. The first kappa shape index (κ1) is 9.85. The van der Waals surface area contributed by atoms with Crippen LogP contribution >= 0.6 is 11.8 Å². The number of ketones is 1. The van der Waals surface area contributed by atoms with Crippen LogP contribution < -0.4 is 0 Å². The van der Waals surface area contributed by atoms with E-state index in [1.807, 2.05) is 18.7 Å². The predicted molar refractivity (Wildman–Crippen MR) is 54.3 cm³/mol. The van der Waals surface area contributed by atoms with Gasteiger partial charge in [-0.2, -0.15) is 0 Å². The SMILES string of the molecule is CC1=C(SC(C)(C)C)CCC1=O. The van der Waals surface area contributed by atoms with Crippen LogP contribution in [0, 0.1) is 0 Å². The van der Waals surface area contributed by atoms with E-state index in [9.17, 15) is 4.79 Å². The second-order valence-electron chi connectivity index (χ2n) is 4.19. The predicted octanol–water partition coefficient (Wildman–Crippen LogP) is 3.16. The molecule has 0 bridgehead atoms. The number of hydrogen-bond donors (Lipinski definition) is 0. The van der Waals surface area contributed by atoms with Crippen molar-refractivity contribution in [2.24, 2.45) is 0 Å². The minimum atomic E-state index is 0.237. The second kappa shape index (κ2) is 3.25. The van der Waals surface area contributed by atoms with Crippen LogP contribution in [-0.4, -0.2) is 10.5 Å². The quantitative estimate of drug-likeness (QED) is 0.622. The Bertz CT molecular complexity index is 233. The van der Waals surface area contributed by atoms with Gasteiger partial charge in [-0.15, -0.1) is 11.8 Å². The number of Topliss-reactive ketones (excluding diaryl/α,β-unsaturated/α-hetero) is 1. The third-order valence-corrected chi connectivity index (χ3v) is 3.21. The number of rotatable bonds is 1. The molecule has 0 atom stereocenters. The Labute approximate surface area is 78.6 Å². The van der Waals surface area contributed by atoms with Crippen LogP contribution in [0.3, 0.4) is 0 Å². The molecule has 0 aromatic rings. The summed E-state index contributed by atoms with van der Waals surface area (Å²) in [5.41, 5.74) is 0.995. The largest absolute Gasteiger partial charge is 0.295 e. The highest BCUT2D eigenvalue weighted by Crippen LogP contribution is 2.39. The lowest BCUT2D eigenvalue weighted by Crippen LogP contribution is -2.07. The maximum atomic E-state index is 11.2. The van der Waals surface area contributed by atoms with E-state index < -0.39 is 0 Å². The Morgan fingerprint density at radius 1 is 1.25 bits per heavy atom. The Morgan fingerprint density at radius 3 is 2.17 bits per heavy atom. The maximum absolute atomic E-state index is 11.2. The summed E-state index contributed by atoms with van der Waals surface area (Å²) < 4.78 is 0.237. The molecule has 1 nitrogen and oxygen atoms in total. The summed E-state index contributed by atoms with van der Waals surface area (Å²) >= 11 is 1.83. The Morgan fingerprint density at radius 2 is 1.83 bits per heavy atom. The molecular weight excluding hydrogens is 168 g/mol. The minimum absolute atomic E-state index is 0.237. The van der Waals surface area contributed by atoms with Crippen molar-refractivity contribution in [3.8, 4) is 0 Å². The average Bonchev–Trinajstić information content (AvgIpc) is 2.16. The highest BCUT2D eigenvalue weighted by atomic mass is 32.2. The van der Waals surface area contributed by atoms with Gasteiger partial charge in [0.1, 0.15) is 0 Å². The molecule has 0 unspecified atom stereocenters.